The Kier molecular flexibility index (Phi) is 10.3. The third-order valence-electron chi connectivity index (χ3n) is 9.03. The van der Waals surface area contributed by atoms with Crippen molar-refractivity contribution in [3.05, 3.63) is 157 Å². The number of fused-ring (bicyclic) bond motifs is 4. The van der Waals surface area contributed by atoms with E-state index in [4.69, 9.17) is 0 Å². The molecule has 252 valence electrons. The van der Waals surface area contributed by atoms with E-state index in [1.165, 1.54) is 49.8 Å². The van der Waals surface area contributed by atoms with Gasteiger partial charge in [-0.1, -0.05) is 72.3 Å². The second kappa shape index (κ2) is 14.8. The molecule has 0 saturated heterocycles. The molecule has 0 radical (unpaired) electrons. The van der Waals surface area contributed by atoms with Crippen LogP contribution in [0.1, 0.15) is 22.3 Å². The standard InChI is InChI=1S/C32H33N4.C11H7N2.Pt/c1-22-15-24(3)32(25(4)16-22)26-17-27(33-20-34(5)29-12-8-7-11-23(29)2)19-28(18-26)36-21-35(6)30-13-9-10-14-31(30)36;1-2-4-10-8(3-1)9-5-6-12-7-11(9)13-10;/h7-18,20-21,33H,1-6H3;1-7H;/q-3;-1;+4. The number of hydrogen-bond acceptors (Lipinski definition) is 5. The van der Waals surface area contributed by atoms with Gasteiger partial charge in [-0.25, -0.2) is 0 Å². The Bertz CT molecular complexity index is 2200. The van der Waals surface area contributed by atoms with Crippen LogP contribution in [0.25, 0.3) is 32.9 Å². The van der Waals surface area contributed by atoms with Gasteiger partial charge in [-0.2, -0.15) is 13.3 Å². The van der Waals surface area contributed by atoms with Crippen LogP contribution >= 0.6 is 0 Å². The SMILES string of the molecule is Cc1cc(C)c(-c2cc(N[CH-]N(C)c3ccccc3C)[c-]c(N3[CH-]N(C)c4ccccc43)c2)c(C)c1.[Pt+4].c1ccc2c(c1)[n-]c1cnccc12. The van der Waals surface area contributed by atoms with Crippen LogP contribution in [0, 0.1) is 47.1 Å². The van der Waals surface area contributed by atoms with Gasteiger partial charge >= 0.3 is 21.1 Å². The number of nitrogens with zero attached hydrogens (tertiary/aromatic N) is 5. The Balaban J connectivity index is 0.000000256. The topological polar surface area (TPSA) is 48.7 Å². The molecule has 0 bridgehead atoms. The van der Waals surface area contributed by atoms with Gasteiger partial charge in [0.25, 0.3) is 0 Å². The second-order valence-electron chi connectivity index (χ2n) is 12.7. The zero-order chi connectivity index (χ0) is 34.1. The Morgan fingerprint density at radius 2 is 1.46 bits per heavy atom. The van der Waals surface area contributed by atoms with Crippen molar-refractivity contribution in [2.75, 3.05) is 34.1 Å². The van der Waals surface area contributed by atoms with Crippen LogP contribution in [-0.2, 0) is 21.1 Å². The summed E-state index contributed by atoms with van der Waals surface area (Å²) in [5.41, 5.74) is 14.9. The van der Waals surface area contributed by atoms with Crippen molar-refractivity contribution in [3.8, 4) is 11.1 Å². The third kappa shape index (κ3) is 6.99. The molecule has 50 heavy (non-hydrogen) atoms. The van der Waals surface area contributed by atoms with Gasteiger partial charge in [-0.3, -0.25) is 4.98 Å². The van der Waals surface area contributed by atoms with E-state index in [9.17, 15) is 0 Å². The smallest absolute Gasteiger partial charge is 0.656 e. The fourth-order valence-electron chi connectivity index (χ4n) is 6.82. The molecule has 8 rings (SSSR count). The maximum Gasteiger partial charge on any atom is 4.00 e. The first-order chi connectivity index (χ1) is 23.8. The molecule has 0 unspecified atom stereocenters. The predicted molar refractivity (Wildman–Crippen MR) is 206 cm³/mol. The predicted octanol–water partition coefficient (Wildman–Crippen LogP) is 10.1. The minimum Gasteiger partial charge on any atom is -0.656 e. The van der Waals surface area contributed by atoms with Crippen LogP contribution in [0.5, 0.6) is 0 Å². The van der Waals surface area contributed by atoms with Gasteiger partial charge in [0.2, 0.25) is 0 Å². The molecule has 5 aromatic carbocycles. The minimum atomic E-state index is 0. The zero-order valence-electron chi connectivity index (χ0n) is 29.2. The summed E-state index contributed by atoms with van der Waals surface area (Å²) in [6, 6.07) is 39.6. The molecule has 0 aliphatic carbocycles. The summed E-state index contributed by atoms with van der Waals surface area (Å²) in [4.78, 5) is 15.0. The van der Waals surface area contributed by atoms with Crippen molar-refractivity contribution in [1.29, 1.82) is 0 Å². The van der Waals surface area contributed by atoms with Crippen LogP contribution in [0.3, 0.4) is 0 Å². The number of benzene rings is 5. The van der Waals surface area contributed by atoms with Crippen molar-refractivity contribution >= 4 is 50.2 Å². The van der Waals surface area contributed by atoms with Crippen molar-refractivity contribution in [2.24, 2.45) is 0 Å². The number of rotatable bonds is 6. The molecule has 6 nitrogen and oxygen atoms in total. The van der Waals surface area contributed by atoms with Crippen LogP contribution in [0.2, 0.25) is 0 Å². The molecule has 0 atom stereocenters. The second-order valence-corrected chi connectivity index (χ2v) is 12.7. The monoisotopic (exact) mass is 835 g/mol. The average molecular weight is 836 g/mol. The van der Waals surface area contributed by atoms with Gasteiger partial charge < -0.3 is 25.0 Å². The Labute approximate surface area is 310 Å². The molecule has 1 aliphatic heterocycles. The number of para-hydroxylation sites is 4. The number of aryl methyl sites for hydroxylation is 4. The van der Waals surface area contributed by atoms with Crippen LogP contribution in [0.4, 0.5) is 28.4 Å². The van der Waals surface area contributed by atoms with Crippen molar-refractivity contribution in [3.63, 3.8) is 0 Å². The summed E-state index contributed by atoms with van der Waals surface area (Å²) in [7, 11) is 4.15. The van der Waals surface area contributed by atoms with E-state index in [0.717, 1.165) is 33.8 Å². The van der Waals surface area contributed by atoms with Gasteiger partial charge in [-0.05, 0) is 99.1 Å². The summed E-state index contributed by atoms with van der Waals surface area (Å²) in [6.07, 6.45) is 3.60. The first-order valence-electron chi connectivity index (χ1n) is 16.5. The summed E-state index contributed by atoms with van der Waals surface area (Å²) < 4.78 is 0. The maximum atomic E-state index is 4.45. The molecule has 1 aliphatic rings. The van der Waals surface area contributed by atoms with E-state index in [1.807, 2.05) is 30.9 Å². The zero-order valence-corrected chi connectivity index (χ0v) is 31.4. The molecule has 7 heteroatoms. The van der Waals surface area contributed by atoms with E-state index in [2.05, 4.69) is 163 Å². The number of pyridine rings is 1. The third-order valence-corrected chi connectivity index (χ3v) is 9.03. The van der Waals surface area contributed by atoms with Crippen LogP contribution in [0.15, 0.2) is 116 Å². The maximum absolute atomic E-state index is 4.45. The molecular weight excluding hydrogens is 796 g/mol. The summed E-state index contributed by atoms with van der Waals surface area (Å²) in [5, 5.41) is 5.91. The van der Waals surface area contributed by atoms with Gasteiger partial charge in [0.15, 0.2) is 0 Å². The van der Waals surface area contributed by atoms with E-state index in [1.54, 1.807) is 12.4 Å². The van der Waals surface area contributed by atoms with Crippen molar-refractivity contribution in [1.82, 2.24) is 9.97 Å². The quantitative estimate of drug-likeness (QED) is 0.169. The number of aromatic nitrogens is 2. The molecule has 0 amide bonds. The van der Waals surface area contributed by atoms with Gasteiger partial charge in [0.1, 0.15) is 0 Å². The van der Waals surface area contributed by atoms with Crippen LogP contribution in [-0.4, -0.2) is 19.1 Å². The van der Waals surface area contributed by atoms with Gasteiger partial charge in [0.05, 0.1) is 0 Å². The normalized spacial score (nSPS) is 12.0. The Morgan fingerprint density at radius 1 is 0.780 bits per heavy atom. The van der Waals surface area contributed by atoms with Gasteiger partial charge in [-0.15, -0.1) is 46.2 Å². The first-order valence-corrected chi connectivity index (χ1v) is 16.5. The molecule has 2 aromatic heterocycles. The van der Waals surface area contributed by atoms with Gasteiger partial charge in [0, 0.05) is 29.5 Å². The fourth-order valence-corrected chi connectivity index (χ4v) is 6.82. The average Bonchev–Trinajstić information content (AvgIpc) is 3.65. The van der Waals surface area contributed by atoms with E-state index >= 15 is 0 Å². The van der Waals surface area contributed by atoms with Crippen molar-refractivity contribution in [2.45, 2.75) is 27.7 Å². The molecule has 0 saturated carbocycles. The first kappa shape index (κ1) is 34.8. The molecular formula is C43H40N6Pt. The van der Waals surface area contributed by atoms with Crippen LogP contribution < -0.4 is 25.0 Å². The number of nitrogens with one attached hydrogen (secondary N) is 1. The largest absolute Gasteiger partial charge is 4.00 e. The molecule has 1 N–H and O–H groups in total. The Hall–Kier alpha value is -5.06. The summed E-state index contributed by atoms with van der Waals surface area (Å²) >= 11 is 0. The molecule has 0 spiro atoms. The summed E-state index contributed by atoms with van der Waals surface area (Å²) in [6.45, 7) is 12.8. The van der Waals surface area contributed by atoms with E-state index in [-0.39, 0.29) is 21.1 Å². The van der Waals surface area contributed by atoms with Crippen molar-refractivity contribution < 1.29 is 21.1 Å². The van der Waals surface area contributed by atoms with E-state index < -0.39 is 0 Å². The number of hydrogen-bond donors (Lipinski definition) is 1. The number of anilines is 5. The molecule has 7 aromatic rings. The molecule has 0 fully saturated rings. The minimum absolute atomic E-state index is 0. The molecule has 3 heterocycles. The fraction of sp³-hybridized carbons (Fsp3) is 0.140. The summed E-state index contributed by atoms with van der Waals surface area (Å²) in [5.74, 6) is 0. The van der Waals surface area contributed by atoms with E-state index in [0.29, 0.717) is 0 Å². The Morgan fingerprint density at radius 3 is 2.24 bits per heavy atom.